The van der Waals surface area contributed by atoms with Crippen LogP contribution in [0.5, 0.6) is 0 Å². The van der Waals surface area contributed by atoms with Crippen molar-refractivity contribution in [3.05, 3.63) is 41.5 Å². The van der Waals surface area contributed by atoms with Crippen LogP contribution in [-0.2, 0) is 0 Å². The summed E-state index contributed by atoms with van der Waals surface area (Å²) in [5, 5.41) is 3.21. The SMILES string of the molecule is CCNc1nc(C)nc(N(C)c2ccccc2F)c1C. The average molecular weight is 274 g/mol. The Hall–Kier alpha value is -2.17. The lowest BCUT2D eigenvalue weighted by Gasteiger charge is -2.22. The molecule has 0 amide bonds. The van der Waals surface area contributed by atoms with Gasteiger partial charge in [-0.2, -0.15) is 0 Å². The second-order valence-electron chi connectivity index (χ2n) is 4.61. The van der Waals surface area contributed by atoms with Crippen LogP contribution in [0, 0.1) is 19.7 Å². The third-order valence-electron chi connectivity index (χ3n) is 3.11. The number of rotatable bonds is 4. The van der Waals surface area contributed by atoms with Gasteiger partial charge in [0, 0.05) is 19.2 Å². The fourth-order valence-corrected chi connectivity index (χ4v) is 2.12. The second-order valence-corrected chi connectivity index (χ2v) is 4.61. The molecule has 106 valence electrons. The summed E-state index contributed by atoms with van der Waals surface area (Å²) in [7, 11) is 1.81. The summed E-state index contributed by atoms with van der Waals surface area (Å²) in [5.74, 6) is 1.89. The zero-order valence-corrected chi connectivity index (χ0v) is 12.2. The summed E-state index contributed by atoms with van der Waals surface area (Å²) in [4.78, 5) is 10.6. The van der Waals surface area contributed by atoms with Crippen LogP contribution in [0.4, 0.5) is 21.7 Å². The lowest BCUT2D eigenvalue weighted by molar-refractivity contribution is 0.627. The molecule has 2 aromatic rings. The zero-order valence-electron chi connectivity index (χ0n) is 12.2. The number of hydrogen-bond acceptors (Lipinski definition) is 4. The molecule has 0 unspecified atom stereocenters. The molecule has 20 heavy (non-hydrogen) atoms. The van der Waals surface area contributed by atoms with E-state index >= 15 is 0 Å². The first-order valence-corrected chi connectivity index (χ1v) is 6.62. The zero-order chi connectivity index (χ0) is 14.7. The lowest BCUT2D eigenvalue weighted by Crippen LogP contribution is -2.17. The van der Waals surface area contributed by atoms with Gasteiger partial charge in [0.1, 0.15) is 23.3 Å². The van der Waals surface area contributed by atoms with E-state index in [2.05, 4.69) is 15.3 Å². The molecule has 2 rings (SSSR count). The molecule has 0 aliphatic rings. The molecular formula is C15H19FN4. The van der Waals surface area contributed by atoms with Crippen LogP contribution in [-0.4, -0.2) is 23.6 Å². The molecule has 4 nitrogen and oxygen atoms in total. The van der Waals surface area contributed by atoms with E-state index in [1.165, 1.54) is 6.07 Å². The Balaban J connectivity index is 2.49. The summed E-state index contributed by atoms with van der Waals surface area (Å²) in [5.41, 5.74) is 1.40. The molecule has 1 aromatic heterocycles. The van der Waals surface area contributed by atoms with Crippen molar-refractivity contribution in [3.63, 3.8) is 0 Å². The highest BCUT2D eigenvalue weighted by atomic mass is 19.1. The van der Waals surface area contributed by atoms with Gasteiger partial charge >= 0.3 is 0 Å². The smallest absolute Gasteiger partial charge is 0.146 e. The summed E-state index contributed by atoms with van der Waals surface area (Å²) in [6, 6.07) is 6.66. The van der Waals surface area contributed by atoms with Gasteiger partial charge in [-0.05, 0) is 32.9 Å². The standard InChI is InChI=1S/C15H19FN4/c1-5-17-14-10(2)15(19-11(3)18-14)20(4)13-9-7-6-8-12(13)16/h6-9H,5H2,1-4H3,(H,17,18,19). The molecule has 0 saturated heterocycles. The van der Waals surface area contributed by atoms with Gasteiger partial charge in [-0.1, -0.05) is 12.1 Å². The molecule has 0 fully saturated rings. The maximum absolute atomic E-state index is 13.9. The molecule has 1 aromatic carbocycles. The first kappa shape index (κ1) is 14.2. The van der Waals surface area contributed by atoms with Gasteiger partial charge in [0.25, 0.3) is 0 Å². The van der Waals surface area contributed by atoms with E-state index in [4.69, 9.17) is 0 Å². The quantitative estimate of drug-likeness (QED) is 0.927. The Morgan fingerprint density at radius 1 is 1.20 bits per heavy atom. The molecule has 0 aliphatic heterocycles. The number of benzene rings is 1. The highest BCUT2D eigenvalue weighted by molar-refractivity contribution is 5.67. The van der Waals surface area contributed by atoms with Gasteiger partial charge in [-0.3, -0.25) is 0 Å². The van der Waals surface area contributed by atoms with Crippen LogP contribution in [0.25, 0.3) is 0 Å². The van der Waals surface area contributed by atoms with Crippen molar-refractivity contribution in [2.45, 2.75) is 20.8 Å². The molecule has 1 heterocycles. The number of hydrogen-bond donors (Lipinski definition) is 1. The third-order valence-corrected chi connectivity index (χ3v) is 3.11. The van der Waals surface area contributed by atoms with Gasteiger partial charge in [0.05, 0.1) is 5.69 Å². The second kappa shape index (κ2) is 5.86. The normalized spacial score (nSPS) is 10.4. The predicted molar refractivity (Wildman–Crippen MR) is 80.1 cm³/mol. The minimum Gasteiger partial charge on any atom is -0.370 e. The molecule has 0 radical (unpaired) electrons. The Labute approximate surface area is 118 Å². The van der Waals surface area contributed by atoms with Gasteiger partial charge < -0.3 is 10.2 Å². The van der Waals surface area contributed by atoms with E-state index in [1.54, 1.807) is 17.0 Å². The van der Waals surface area contributed by atoms with Gasteiger partial charge in [-0.15, -0.1) is 0 Å². The van der Waals surface area contributed by atoms with Crippen LogP contribution in [0.2, 0.25) is 0 Å². The molecule has 0 spiro atoms. The maximum atomic E-state index is 13.9. The summed E-state index contributed by atoms with van der Waals surface area (Å²) in [6.45, 7) is 6.56. The van der Waals surface area contributed by atoms with Gasteiger partial charge in [0.2, 0.25) is 0 Å². The minimum atomic E-state index is -0.268. The van der Waals surface area contributed by atoms with E-state index < -0.39 is 0 Å². The van der Waals surface area contributed by atoms with Crippen molar-refractivity contribution in [3.8, 4) is 0 Å². The fourth-order valence-electron chi connectivity index (χ4n) is 2.12. The minimum absolute atomic E-state index is 0.268. The molecule has 5 heteroatoms. The van der Waals surface area contributed by atoms with Gasteiger partial charge in [-0.25, -0.2) is 14.4 Å². The first-order valence-electron chi connectivity index (χ1n) is 6.62. The summed E-state index contributed by atoms with van der Waals surface area (Å²) in [6.07, 6.45) is 0. The first-order chi connectivity index (χ1) is 9.54. The highest BCUT2D eigenvalue weighted by Crippen LogP contribution is 2.29. The Bertz CT molecular complexity index is 613. The molecule has 0 saturated carbocycles. The Kier molecular flexibility index (Phi) is 4.17. The third kappa shape index (κ3) is 2.71. The molecule has 0 aliphatic carbocycles. The summed E-state index contributed by atoms with van der Waals surface area (Å²) < 4.78 is 13.9. The van der Waals surface area contributed by atoms with Crippen molar-refractivity contribution in [1.82, 2.24) is 9.97 Å². The van der Waals surface area contributed by atoms with Crippen LogP contribution in [0.15, 0.2) is 24.3 Å². The topological polar surface area (TPSA) is 41.1 Å². The van der Waals surface area contributed by atoms with Crippen LogP contribution >= 0.6 is 0 Å². The van der Waals surface area contributed by atoms with Gasteiger partial charge in [0.15, 0.2) is 0 Å². The van der Waals surface area contributed by atoms with Crippen molar-refractivity contribution in [2.24, 2.45) is 0 Å². The van der Waals surface area contributed by atoms with Crippen LogP contribution in [0.3, 0.4) is 0 Å². The van der Waals surface area contributed by atoms with Crippen molar-refractivity contribution >= 4 is 17.3 Å². The Morgan fingerprint density at radius 2 is 1.90 bits per heavy atom. The van der Waals surface area contributed by atoms with E-state index in [9.17, 15) is 4.39 Å². The summed E-state index contributed by atoms with van der Waals surface area (Å²) >= 11 is 0. The maximum Gasteiger partial charge on any atom is 0.146 e. The number of halogens is 1. The highest BCUT2D eigenvalue weighted by Gasteiger charge is 2.16. The van der Waals surface area contributed by atoms with E-state index in [0.717, 1.165) is 17.9 Å². The molecular weight excluding hydrogens is 255 g/mol. The molecule has 0 atom stereocenters. The number of aromatic nitrogens is 2. The number of aryl methyl sites for hydroxylation is 1. The number of para-hydroxylation sites is 1. The van der Waals surface area contributed by atoms with Crippen molar-refractivity contribution in [1.29, 1.82) is 0 Å². The van der Waals surface area contributed by atoms with Crippen LogP contribution in [0.1, 0.15) is 18.3 Å². The molecule has 1 N–H and O–H groups in total. The fraction of sp³-hybridized carbons (Fsp3) is 0.333. The predicted octanol–water partition coefficient (Wildman–Crippen LogP) is 3.43. The van der Waals surface area contributed by atoms with E-state index in [0.29, 0.717) is 17.3 Å². The lowest BCUT2D eigenvalue weighted by atomic mass is 10.2. The monoisotopic (exact) mass is 274 g/mol. The Morgan fingerprint density at radius 3 is 2.55 bits per heavy atom. The number of nitrogens with one attached hydrogen (secondary N) is 1. The average Bonchev–Trinajstić information content (AvgIpc) is 2.42. The van der Waals surface area contributed by atoms with Crippen molar-refractivity contribution in [2.75, 3.05) is 23.8 Å². The number of anilines is 3. The molecule has 0 bridgehead atoms. The van der Waals surface area contributed by atoms with E-state index in [-0.39, 0.29) is 5.82 Å². The largest absolute Gasteiger partial charge is 0.370 e. The number of nitrogens with zero attached hydrogens (tertiary/aromatic N) is 3. The van der Waals surface area contributed by atoms with Crippen molar-refractivity contribution < 1.29 is 4.39 Å². The van der Waals surface area contributed by atoms with E-state index in [1.807, 2.05) is 33.9 Å². The van der Waals surface area contributed by atoms with Crippen LogP contribution < -0.4 is 10.2 Å².